The third-order valence-corrected chi connectivity index (χ3v) is 5.31. The van der Waals surface area contributed by atoms with E-state index >= 15 is 0 Å². The van der Waals surface area contributed by atoms with E-state index in [2.05, 4.69) is 21.8 Å². The van der Waals surface area contributed by atoms with Crippen molar-refractivity contribution in [2.75, 3.05) is 24.6 Å². The molecule has 3 heterocycles. The Morgan fingerprint density at radius 3 is 3.10 bits per heavy atom. The highest BCUT2D eigenvalue weighted by atomic mass is 32.1. The molecule has 0 radical (unpaired) electrons. The van der Waals surface area contributed by atoms with E-state index < -0.39 is 11.5 Å². The summed E-state index contributed by atoms with van der Waals surface area (Å²) in [4.78, 5) is 11.9. The predicted molar refractivity (Wildman–Crippen MR) is 84.7 cm³/mol. The lowest BCUT2D eigenvalue weighted by Crippen LogP contribution is -2.54. The summed E-state index contributed by atoms with van der Waals surface area (Å²) in [6, 6.07) is 2.04. The summed E-state index contributed by atoms with van der Waals surface area (Å²) in [7, 11) is 0. The van der Waals surface area contributed by atoms with Gasteiger partial charge in [-0.15, -0.1) is 11.3 Å². The van der Waals surface area contributed by atoms with Crippen molar-refractivity contribution >= 4 is 27.4 Å². The van der Waals surface area contributed by atoms with Crippen molar-refractivity contribution in [1.82, 2.24) is 9.97 Å². The molecular weight excluding hydrogens is 286 g/mol. The summed E-state index contributed by atoms with van der Waals surface area (Å²) in [5.74, 6) is 0.919. The molecule has 2 aromatic rings. The van der Waals surface area contributed by atoms with Gasteiger partial charge in [0, 0.05) is 18.5 Å². The summed E-state index contributed by atoms with van der Waals surface area (Å²) in [5, 5.41) is 23.3. The topological polar surface area (TPSA) is 69.5 Å². The van der Waals surface area contributed by atoms with Crippen LogP contribution in [0.4, 0.5) is 5.82 Å². The third-order valence-electron chi connectivity index (χ3n) is 4.49. The lowest BCUT2D eigenvalue weighted by atomic mass is 9.74. The Labute approximate surface area is 128 Å². The van der Waals surface area contributed by atoms with Gasteiger partial charge in [-0.25, -0.2) is 9.97 Å². The molecular formula is C15H21N3O2S. The average molecular weight is 307 g/mol. The zero-order valence-electron chi connectivity index (χ0n) is 12.2. The van der Waals surface area contributed by atoms with Crippen LogP contribution in [0.25, 0.3) is 10.2 Å². The van der Waals surface area contributed by atoms with Crippen molar-refractivity contribution in [3.8, 4) is 0 Å². The molecule has 2 atom stereocenters. The number of aliphatic hydroxyl groups is 2. The van der Waals surface area contributed by atoms with Crippen LogP contribution in [-0.4, -0.2) is 46.0 Å². The first-order valence-electron chi connectivity index (χ1n) is 7.42. The zero-order chi connectivity index (χ0) is 14.9. The first kappa shape index (κ1) is 14.7. The molecule has 0 spiro atoms. The fraction of sp³-hybridized carbons (Fsp3) is 0.600. The van der Waals surface area contributed by atoms with Gasteiger partial charge in [0.15, 0.2) is 0 Å². The third kappa shape index (κ3) is 2.52. The van der Waals surface area contributed by atoms with Gasteiger partial charge in [-0.1, -0.05) is 13.3 Å². The molecule has 0 unspecified atom stereocenters. The highest BCUT2D eigenvalue weighted by molar-refractivity contribution is 7.16. The highest BCUT2D eigenvalue weighted by Gasteiger charge is 2.42. The van der Waals surface area contributed by atoms with E-state index in [4.69, 9.17) is 0 Å². The van der Waals surface area contributed by atoms with Crippen molar-refractivity contribution in [2.45, 2.75) is 32.3 Å². The standard InChI is InChI=1S/C15H21N3O2S/c1-2-5-15(9-19)8-18(6-3-12(15)20)13-11-4-7-21-14(11)17-10-16-13/h4,7,10,12,19-20H,2-3,5-6,8-9H2,1H3/t12-,15-/m0/s1. The molecule has 0 saturated carbocycles. The maximum absolute atomic E-state index is 10.4. The van der Waals surface area contributed by atoms with Crippen LogP contribution >= 0.6 is 11.3 Å². The molecule has 0 aromatic carbocycles. The van der Waals surface area contributed by atoms with Gasteiger partial charge < -0.3 is 15.1 Å². The largest absolute Gasteiger partial charge is 0.396 e. The summed E-state index contributed by atoms with van der Waals surface area (Å²) in [5.41, 5.74) is -0.444. The number of fused-ring (bicyclic) bond motifs is 1. The van der Waals surface area contributed by atoms with Crippen LogP contribution in [0.15, 0.2) is 17.8 Å². The number of piperidine rings is 1. The number of thiophene rings is 1. The minimum Gasteiger partial charge on any atom is -0.396 e. The second kappa shape index (κ2) is 5.87. The molecule has 6 heteroatoms. The van der Waals surface area contributed by atoms with E-state index in [9.17, 15) is 10.2 Å². The Kier molecular flexibility index (Phi) is 4.10. The van der Waals surface area contributed by atoms with Crippen molar-refractivity contribution in [2.24, 2.45) is 5.41 Å². The molecule has 1 aliphatic rings. The Morgan fingerprint density at radius 2 is 2.33 bits per heavy atom. The number of anilines is 1. The van der Waals surface area contributed by atoms with Crippen LogP contribution in [-0.2, 0) is 0 Å². The van der Waals surface area contributed by atoms with Gasteiger partial charge >= 0.3 is 0 Å². The van der Waals surface area contributed by atoms with E-state index in [1.807, 2.05) is 11.4 Å². The number of aromatic nitrogens is 2. The Hall–Kier alpha value is -1.24. The van der Waals surface area contributed by atoms with E-state index in [-0.39, 0.29) is 6.61 Å². The van der Waals surface area contributed by atoms with Crippen molar-refractivity contribution in [1.29, 1.82) is 0 Å². The van der Waals surface area contributed by atoms with Gasteiger partial charge in [-0.05, 0) is 24.3 Å². The van der Waals surface area contributed by atoms with Crippen LogP contribution in [0.1, 0.15) is 26.2 Å². The summed E-state index contributed by atoms with van der Waals surface area (Å²) >= 11 is 1.61. The van der Waals surface area contributed by atoms with Gasteiger partial charge in [0.2, 0.25) is 0 Å². The monoisotopic (exact) mass is 307 g/mol. The molecule has 1 aliphatic heterocycles. The molecule has 2 N–H and O–H groups in total. The minimum atomic E-state index is -0.446. The quantitative estimate of drug-likeness (QED) is 0.904. The summed E-state index contributed by atoms with van der Waals surface area (Å²) in [6.45, 7) is 3.50. The van der Waals surface area contributed by atoms with Crippen molar-refractivity contribution in [3.63, 3.8) is 0 Å². The Balaban J connectivity index is 1.94. The molecule has 0 amide bonds. The predicted octanol–water partition coefficient (Wildman–Crippen LogP) is 2.04. The minimum absolute atomic E-state index is 0.0103. The fourth-order valence-corrected chi connectivity index (χ4v) is 4.06. The van der Waals surface area contributed by atoms with E-state index in [1.165, 1.54) is 0 Å². The Morgan fingerprint density at radius 1 is 1.48 bits per heavy atom. The lowest BCUT2D eigenvalue weighted by Gasteiger charge is -2.45. The molecule has 1 saturated heterocycles. The van der Waals surface area contributed by atoms with Gasteiger partial charge in [0.1, 0.15) is 17.0 Å². The maximum atomic E-state index is 10.4. The summed E-state index contributed by atoms with van der Waals surface area (Å²) in [6.07, 6.45) is 3.58. The van der Waals surface area contributed by atoms with Crippen molar-refractivity contribution < 1.29 is 10.2 Å². The number of hydrogen-bond acceptors (Lipinski definition) is 6. The first-order valence-corrected chi connectivity index (χ1v) is 8.30. The maximum Gasteiger partial charge on any atom is 0.140 e. The Bertz CT molecular complexity index is 618. The molecule has 0 bridgehead atoms. The fourth-order valence-electron chi connectivity index (χ4n) is 3.34. The van der Waals surface area contributed by atoms with Crippen LogP contribution in [0, 0.1) is 5.41 Å². The average Bonchev–Trinajstić information content (AvgIpc) is 2.98. The first-order chi connectivity index (χ1) is 10.2. The molecule has 5 nitrogen and oxygen atoms in total. The normalized spacial score (nSPS) is 26.4. The zero-order valence-corrected chi connectivity index (χ0v) is 13.0. The van der Waals surface area contributed by atoms with Crippen molar-refractivity contribution in [3.05, 3.63) is 17.8 Å². The molecule has 2 aromatic heterocycles. The second-order valence-electron chi connectivity index (χ2n) is 5.83. The molecule has 3 rings (SSSR count). The smallest absolute Gasteiger partial charge is 0.140 e. The number of nitrogens with zero attached hydrogens (tertiary/aromatic N) is 3. The number of aliphatic hydroxyl groups excluding tert-OH is 2. The molecule has 21 heavy (non-hydrogen) atoms. The van der Waals surface area contributed by atoms with E-state index in [0.29, 0.717) is 13.0 Å². The summed E-state index contributed by atoms with van der Waals surface area (Å²) < 4.78 is 0. The van der Waals surface area contributed by atoms with Crippen LogP contribution in [0.2, 0.25) is 0 Å². The molecule has 1 fully saturated rings. The van der Waals surface area contributed by atoms with E-state index in [0.717, 1.165) is 35.4 Å². The second-order valence-corrected chi connectivity index (χ2v) is 6.73. The molecule has 0 aliphatic carbocycles. The van der Waals surface area contributed by atoms with Gasteiger partial charge in [0.05, 0.1) is 18.1 Å². The van der Waals surface area contributed by atoms with Crippen LogP contribution < -0.4 is 4.90 Å². The van der Waals surface area contributed by atoms with Gasteiger partial charge in [0.25, 0.3) is 0 Å². The highest BCUT2D eigenvalue weighted by Crippen LogP contribution is 2.38. The van der Waals surface area contributed by atoms with E-state index in [1.54, 1.807) is 17.7 Å². The van der Waals surface area contributed by atoms with Crippen LogP contribution in [0.3, 0.4) is 0 Å². The van der Waals surface area contributed by atoms with Gasteiger partial charge in [-0.3, -0.25) is 0 Å². The van der Waals surface area contributed by atoms with Crippen LogP contribution in [0.5, 0.6) is 0 Å². The number of rotatable bonds is 4. The lowest BCUT2D eigenvalue weighted by molar-refractivity contribution is -0.0352. The SMILES string of the molecule is CCC[C@@]1(CO)CN(c2ncnc3sccc23)CC[C@@H]1O. The van der Waals surface area contributed by atoms with Gasteiger partial charge in [-0.2, -0.15) is 0 Å². The number of hydrogen-bond donors (Lipinski definition) is 2. The molecule has 114 valence electrons.